The number of aliphatic hydroxyl groups is 1. The molecule has 2 atom stereocenters. The Kier molecular flexibility index (Phi) is 6.77. The first kappa shape index (κ1) is 15.9. The summed E-state index contributed by atoms with van der Waals surface area (Å²) in [6.45, 7) is 5.83. The van der Waals surface area contributed by atoms with Crippen LogP contribution in [0.4, 0.5) is 5.82 Å². The average molecular weight is 268 g/mol. The number of hydrogen-bond donors (Lipinski definition) is 1. The van der Waals surface area contributed by atoms with Crippen LogP contribution >= 0.6 is 0 Å². The third-order valence-corrected chi connectivity index (χ3v) is 3.02. The fraction of sp³-hybridized carbons (Fsp3) is 0.643. The molecule has 0 amide bonds. The van der Waals surface area contributed by atoms with Gasteiger partial charge in [0.15, 0.2) is 0 Å². The molecule has 108 valence electrons. The Hall–Kier alpha value is -1.17. The summed E-state index contributed by atoms with van der Waals surface area (Å²) in [6, 6.07) is 4.03. The minimum atomic E-state index is -0.495. The van der Waals surface area contributed by atoms with E-state index in [0.717, 1.165) is 17.9 Å². The first-order chi connectivity index (χ1) is 9.10. The van der Waals surface area contributed by atoms with Gasteiger partial charge in [-0.1, -0.05) is 6.07 Å². The van der Waals surface area contributed by atoms with Crippen molar-refractivity contribution in [3.8, 4) is 0 Å². The molecule has 0 saturated carbocycles. The molecule has 1 heterocycles. The van der Waals surface area contributed by atoms with Gasteiger partial charge in [-0.25, -0.2) is 4.98 Å². The van der Waals surface area contributed by atoms with Crippen molar-refractivity contribution in [1.29, 1.82) is 0 Å². The number of ether oxygens (including phenoxy) is 2. The first-order valence-corrected chi connectivity index (χ1v) is 6.48. The SMILES string of the molecule is COCCN(c1ccc([C@@H](C)O)cn1)C(C)COC. The van der Waals surface area contributed by atoms with Crippen LogP contribution in [0.25, 0.3) is 0 Å². The molecule has 1 rings (SSSR count). The summed E-state index contributed by atoms with van der Waals surface area (Å²) >= 11 is 0. The smallest absolute Gasteiger partial charge is 0.128 e. The molecular formula is C14H24N2O3. The van der Waals surface area contributed by atoms with Gasteiger partial charge in [0.05, 0.1) is 25.4 Å². The van der Waals surface area contributed by atoms with Gasteiger partial charge in [0.2, 0.25) is 0 Å². The minimum absolute atomic E-state index is 0.213. The predicted octanol–water partition coefficient (Wildman–Crippen LogP) is 1.62. The van der Waals surface area contributed by atoms with E-state index in [1.807, 2.05) is 12.1 Å². The second-order valence-corrected chi connectivity index (χ2v) is 4.62. The van der Waals surface area contributed by atoms with Crippen LogP contribution in [-0.4, -0.2) is 50.1 Å². The third kappa shape index (κ3) is 4.78. The van der Waals surface area contributed by atoms with E-state index in [4.69, 9.17) is 9.47 Å². The van der Waals surface area contributed by atoms with Crippen molar-refractivity contribution in [2.24, 2.45) is 0 Å². The van der Waals surface area contributed by atoms with Gasteiger partial charge in [-0.2, -0.15) is 0 Å². The number of rotatable bonds is 8. The van der Waals surface area contributed by atoms with Crippen molar-refractivity contribution in [2.45, 2.75) is 26.0 Å². The molecule has 19 heavy (non-hydrogen) atoms. The number of pyridine rings is 1. The zero-order valence-corrected chi connectivity index (χ0v) is 12.2. The lowest BCUT2D eigenvalue weighted by molar-refractivity contribution is 0.170. The van der Waals surface area contributed by atoms with Crippen LogP contribution < -0.4 is 4.90 Å². The maximum atomic E-state index is 9.49. The van der Waals surface area contributed by atoms with E-state index < -0.39 is 6.10 Å². The second kappa shape index (κ2) is 8.09. The zero-order chi connectivity index (χ0) is 14.3. The average Bonchev–Trinajstić information content (AvgIpc) is 2.40. The van der Waals surface area contributed by atoms with E-state index in [0.29, 0.717) is 13.2 Å². The molecule has 1 N–H and O–H groups in total. The summed E-state index contributed by atoms with van der Waals surface area (Å²) in [4.78, 5) is 6.55. The van der Waals surface area contributed by atoms with Crippen LogP contribution in [0.15, 0.2) is 18.3 Å². The molecule has 0 aromatic carbocycles. The Morgan fingerprint density at radius 3 is 2.47 bits per heavy atom. The number of methoxy groups -OCH3 is 2. The lowest BCUT2D eigenvalue weighted by Crippen LogP contribution is -2.39. The summed E-state index contributed by atoms with van der Waals surface area (Å²) in [5.41, 5.74) is 0.815. The largest absolute Gasteiger partial charge is 0.389 e. The topological polar surface area (TPSA) is 54.8 Å². The quantitative estimate of drug-likeness (QED) is 0.776. The molecule has 0 fully saturated rings. The van der Waals surface area contributed by atoms with Crippen molar-refractivity contribution in [3.63, 3.8) is 0 Å². The van der Waals surface area contributed by atoms with E-state index in [1.54, 1.807) is 27.3 Å². The molecule has 0 spiro atoms. The molecule has 0 radical (unpaired) electrons. The lowest BCUT2D eigenvalue weighted by Gasteiger charge is -2.29. The maximum absolute atomic E-state index is 9.49. The number of aromatic nitrogens is 1. The molecule has 1 unspecified atom stereocenters. The van der Waals surface area contributed by atoms with Crippen LogP contribution in [0, 0.1) is 0 Å². The summed E-state index contributed by atoms with van der Waals surface area (Å²) in [5.74, 6) is 0.867. The van der Waals surface area contributed by atoms with Crippen molar-refractivity contribution in [2.75, 3.05) is 38.9 Å². The van der Waals surface area contributed by atoms with Gasteiger partial charge in [0, 0.05) is 27.0 Å². The molecule has 0 aliphatic rings. The summed E-state index contributed by atoms with van der Waals surface area (Å²) in [5, 5.41) is 9.49. The Balaban J connectivity index is 2.83. The number of aliphatic hydroxyl groups excluding tert-OH is 1. The van der Waals surface area contributed by atoms with E-state index in [9.17, 15) is 5.11 Å². The van der Waals surface area contributed by atoms with Gasteiger partial charge in [-0.15, -0.1) is 0 Å². The van der Waals surface area contributed by atoms with Crippen molar-refractivity contribution in [3.05, 3.63) is 23.9 Å². The molecule has 0 aliphatic carbocycles. The number of nitrogens with zero attached hydrogens (tertiary/aromatic N) is 2. The number of anilines is 1. The summed E-state index contributed by atoms with van der Waals surface area (Å²) < 4.78 is 10.3. The minimum Gasteiger partial charge on any atom is -0.389 e. The maximum Gasteiger partial charge on any atom is 0.128 e. The molecule has 0 saturated heterocycles. The van der Waals surface area contributed by atoms with Crippen molar-refractivity contribution >= 4 is 5.82 Å². The van der Waals surface area contributed by atoms with Gasteiger partial charge < -0.3 is 19.5 Å². The highest BCUT2D eigenvalue weighted by molar-refractivity contribution is 5.40. The van der Waals surface area contributed by atoms with E-state index in [2.05, 4.69) is 16.8 Å². The monoisotopic (exact) mass is 268 g/mol. The summed E-state index contributed by atoms with van der Waals surface area (Å²) in [6.07, 6.45) is 1.21. The van der Waals surface area contributed by atoms with Gasteiger partial charge in [-0.05, 0) is 25.5 Å². The van der Waals surface area contributed by atoms with E-state index in [1.165, 1.54) is 0 Å². The fourth-order valence-electron chi connectivity index (χ4n) is 1.90. The van der Waals surface area contributed by atoms with E-state index in [-0.39, 0.29) is 6.04 Å². The zero-order valence-electron chi connectivity index (χ0n) is 12.2. The normalized spacial score (nSPS) is 14.2. The van der Waals surface area contributed by atoms with Crippen LogP contribution in [0.1, 0.15) is 25.5 Å². The standard InChI is InChI=1S/C14H24N2O3/c1-11(10-19-4)16(7-8-18-3)14-6-5-13(9-15-14)12(2)17/h5-6,9,11-12,17H,7-8,10H2,1-4H3/t11?,12-/m1/s1. The van der Waals surface area contributed by atoms with Crippen LogP contribution in [0.3, 0.4) is 0 Å². The Morgan fingerprint density at radius 2 is 2.00 bits per heavy atom. The van der Waals surface area contributed by atoms with Gasteiger partial charge in [0.1, 0.15) is 5.82 Å². The first-order valence-electron chi connectivity index (χ1n) is 6.48. The van der Waals surface area contributed by atoms with Crippen molar-refractivity contribution in [1.82, 2.24) is 4.98 Å². The molecule has 5 heteroatoms. The Morgan fingerprint density at radius 1 is 1.26 bits per heavy atom. The second-order valence-electron chi connectivity index (χ2n) is 4.62. The van der Waals surface area contributed by atoms with Crippen LogP contribution in [0.2, 0.25) is 0 Å². The highest BCUT2D eigenvalue weighted by Gasteiger charge is 2.15. The summed E-state index contributed by atoms with van der Waals surface area (Å²) in [7, 11) is 3.37. The molecule has 0 bridgehead atoms. The molecule has 5 nitrogen and oxygen atoms in total. The van der Waals surface area contributed by atoms with Gasteiger partial charge in [-0.3, -0.25) is 0 Å². The fourth-order valence-corrected chi connectivity index (χ4v) is 1.90. The van der Waals surface area contributed by atoms with Gasteiger partial charge in [0.25, 0.3) is 0 Å². The highest BCUT2D eigenvalue weighted by Crippen LogP contribution is 2.17. The predicted molar refractivity (Wildman–Crippen MR) is 75.4 cm³/mol. The van der Waals surface area contributed by atoms with Crippen LogP contribution in [0.5, 0.6) is 0 Å². The van der Waals surface area contributed by atoms with Crippen LogP contribution in [-0.2, 0) is 9.47 Å². The Bertz CT molecular complexity index is 354. The van der Waals surface area contributed by atoms with Crippen molar-refractivity contribution < 1.29 is 14.6 Å². The lowest BCUT2D eigenvalue weighted by atomic mass is 10.2. The third-order valence-electron chi connectivity index (χ3n) is 3.02. The molecule has 1 aromatic rings. The molecule has 1 aromatic heterocycles. The highest BCUT2D eigenvalue weighted by atomic mass is 16.5. The number of hydrogen-bond acceptors (Lipinski definition) is 5. The Labute approximate surface area is 115 Å². The molecule has 0 aliphatic heterocycles. The molecular weight excluding hydrogens is 244 g/mol. The van der Waals surface area contributed by atoms with E-state index >= 15 is 0 Å². The van der Waals surface area contributed by atoms with Gasteiger partial charge >= 0.3 is 0 Å².